The Hall–Kier alpha value is -4.63. The number of carboxylic acid groups (broad SMARTS) is 1. The van der Waals surface area contributed by atoms with E-state index in [2.05, 4.69) is 10.3 Å². The normalized spacial score (nSPS) is 13.5. The third-order valence-corrected chi connectivity index (χ3v) is 7.54. The van der Waals surface area contributed by atoms with Crippen LogP contribution in [0.25, 0.3) is 22.3 Å². The summed E-state index contributed by atoms with van der Waals surface area (Å²) in [5.74, 6) is -2.25. The predicted molar refractivity (Wildman–Crippen MR) is 152 cm³/mol. The predicted octanol–water partition coefficient (Wildman–Crippen LogP) is 6.09. The van der Waals surface area contributed by atoms with Crippen molar-refractivity contribution >= 4 is 17.6 Å². The van der Waals surface area contributed by atoms with Crippen LogP contribution in [0.2, 0.25) is 0 Å². The number of amides is 1. The molecule has 210 valence electrons. The van der Waals surface area contributed by atoms with E-state index >= 15 is 4.39 Å². The molecule has 4 aromatic rings. The summed E-state index contributed by atoms with van der Waals surface area (Å²) in [4.78, 5) is 29.6. The van der Waals surface area contributed by atoms with Crippen molar-refractivity contribution in [2.75, 3.05) is 25.5 Å². The maximum Gasteiger partial charge on any atom is 0.309 e. The molecule has 1 fully saturated rings. The molecule has 0 saturated carbocycles. The molecule has 0 spiro atoms. The number of carbonyl (C=O) groups excluding carboxylic acids is 1. The smallest absolute Gasteiger partial charge is 0.309 e. The minimum absolute atomic E-state index is 0.101. The van der Waals surface area contributed by atoms with Gasteiger partial charge in [-0.2, -0.15) is 0 Å². The van der Waals surface area contributed by atoms with Crippen LogP contribution in [0.1, 0.15) is 27.2 Å². The summed E-state index contributed by atoms with van der Waals surface area (Å²) in [5.41, 5.74) is 6.12. The van der Waals surface area contributed by atoms with Gasteiger partial charge in [0, 0.05) is 30.9 Å². The SMILES string of the molecule is COc1cc(-c2cccc(-c3cccc(NC(=O)c4ccc(F)cn4)c3C)c2C)cc(F)c1CN1CC(C(=O)O)C1. The number of methoxy groups -OCH3 is 1. The number of carboxylic acids is 1. The third kappa shape index (κ3) is 5.67. The number of nitrogens with one attached hydrogen (secondary N) is 1. The average molecular weight is 558 g/mol. The number of pyridine rings is 1. The van der Waals surface area contributed by atoms with Crippen molar-refractivity contribution in [3.8, 4) is 28.0 Å². The Kier molecular flexibility index (Phi) is 7.81. The topological polar surface area (TPSA) is 91.8 Å². The average Bonchev–Trinajstić information content (AvgIpc) is 2.92. The minimum Gasteiger partial charge on any atom is -0.496 e. The zero-order chi connectivity index (χ0) is 29.3. The molecule has 2 N–H and O–H groups in total. The van der Waals surface area contributed by atoms with E-state index < -0.39 is 29.4 Å². The Morgan fingerprint density at radius 3 is 2.34 bits per heavy atom. The molecule has 1 amide bonds. The summed E-state index contributed by atoms with van der Waals surface area (Å²) >= 11 is 0. The van der Waals surface area contributed by atoms with Crippen LogP contribution in [0.5, 0.6) is 5.75 Å². The van der Waals surface area contributed by atoms with Crippen LogP contribution in [0.15, 0.2) is 66.9 Å². The van der Waals surface area contributed by atoms with E-state index in [9.17, 15) is 14.0 Å². The fourth-order valence-electron chi connectivity index (χ4n) is 5.18. The summed E-state index contributed by atoms with van der Waals surface area (Å²) in [6.45, 7) is 4.88. The third-order valence-electron chi connectivity index (χ3n) is 7.54. The van der Waals surface area contributed by atoms with Crippen molar-refractivity contribution in [2.24, 2.45) is 5.92 Å². The first-order valence-electron chi connectivity index (χ1n) is 13.1. The summed E-state index contributed by atoms with van der Waals surface area (Å²) in [5, 5.41) is 12.0. The number of aliphatic carboxylic acids is 1. The molecular weight excluding hydrogens is 528 g/mol. The number of ether oxygens (including phenoxy) is 1. The number of carbonyl (C=O) groups is 2. The van der Waals surface area contributed by atoms with E-state index in [0.717, 1.165) is 34.0 Å². The van der Waals surface area contributed by atoms with Gasteiger partial charge in [-0.1, -0.05) is 30.3 Å². The molecule has 0 unspecified atom stereocenters. The van der Waals surface area contributed by atoms with Crippen LogP contribution in [-0.2, 0) is 11.3 Å². The molecule has 1 aromatic heterocycles. The van der Waals surface area contributed by atoms with Gasteiger partial charge in [-0.15, -0.1) is 0 Å². The first kappa shape index (κ1) is 27.9. The molecule has 0 aliphatic carbocycles. The van der Waals surface area contributed by atoms with Crippen LogP contribution >= 0.6 is 0 Å². The zero-order valence-electron chi connectivity index (χ0n) is 22.9. The highest BCUT2D eigenvalue weighted by Gasteiger charge is 2.33. The standard InChI is InChI=1S/C32H29F2N3O4/c1-18-23(20-12-27(34)26(30(13-20)41-3)17-37-15-21(16-37)32(39)40)6-4-7-24(18)25-8-5-9-28(19(25)2)36-31(38)29-11-10-22(33)14-35-29/h4-14,21H,15-17H2,1-3H3,(H,36,38)(H,39,40). The second kappa shape index (κ2) is 11.5. The maximum atomic E-state index is 15.4. The molecule has 0 atom stereocenters. The maximum absolute atomic E-state index is 15.4. The molecular formula is C32H29F2N3O4. The molecule has 2 heterocycles. The minimum atomic E-state index is -0.840. The van der Waals surface area contributed by atoms with Gasteiger partial charge in [0.25, 0.3) is 5.91 Å². The van der Waals surface area contributed by atoms with Gasteiger partial charge >= 0.3 is 5.97 Å². The Morgan fingerprint density at radius 2 is 1.68 bits per heavy atom. The highest BCUT2D eigenvalue weighted by Crippen LogP contribution is 2.38. The van der Waals surface area contributed by atoms with E-state index in [1.165, 1.54) is 25.3 Å². The first-order valence-corrected chi connectivity index (χ1v) is 13.1. The number of halogens is 2. The molecule has 1 aliphatic rings. The van der Waals surface area contributed by atoms with E-state index in [0.29, 0.717) is 35.7 Å². The molecule has 0 bridgehead atoms. The number of anilines is 1. The number of hydrogen-bond donors (Lipinski definition) is 2. The molecule has 7 nitrogen and oxygen atoms in total. The van der Waals surface area contributed by atoms with E-state index in [-0.39, 0.29) is 12.2 Å². The van der Waals surface area contributed by atoms with E-state index in [1.54, 1.807) is 12.1 Å². The first-order chi connectivity index (χ1) is 19.7. The lowest BCUT2D eigenvalue weighted by Gasteiger charge is -2.36. The number of hydrogen-bond acceptors (Lipinski definition) is 5. The van der Waals surface area contributed by atoms with Crippen molar-refractivity contribution in [3.05, 3.63) is 101 Å². The summed E-state index contributed by atoms with van der Waals surface area (Å²) in [6, 6.07) is 17.2. The summed E-state index contributed by atoms with van der Waals surface area (Å²) < 4.78 is 34.2. The van der Waals surface area contributed by atoms with Gasteiger partial charge in [0.2, 0.25) is 0 Å². The van der Waals surface area contributed by atoms with Crippen LogP contribution in [0, 0.1) is 31.4 Å². The van der Waals surface area contributed by atoms with Gasteiger partial charge in [0.15, 0.2) is 0 Å². The molecule has 0 radical (unpaired) electrons. The number of aromatic nitrogens is 1. The van der Waals surface area contributed by atoms with Crippen LogP contribution in [0.3, 0.4) is 0 Å². The van der Waals surface area contributed by atoms with Gasteiger partial charge in [0.1, 0.15) is 23.1 Å². The van der Waals surface area contributed by atoms with Crippen LogP contribution < -0.4 is 10.1 Å². The molecule has 1 aliphatic heterocycles. The van der Waals surface area contributed by atoms with Gasteiger partial charge in [-0.25, -0.2) is 13.8 Å². The lowest BCUT2D eigenvalue weighted by molar-refractivity contribution is -0.147. The molecule has 1 saturated heterocycles. The highest BCUT2D eigenvalue weighted by atomic mass is 19.1. The van der Waals surface area contributed by atoms with Crippen molar-refractivity contribution < 1.29 is 28.2 Å². The zero-order valence-corrected chi connectivity index (χ0v) is 22.9. The van der Waals surface area contributed by atoms with Crippen LogP contribution in [-0.4, -0.2) is 47.1 Å². The van der Waals surface area contributed by atoms with Crippen molar-refractivity contribution in [2.45, 2.75) is 20.4 Å². The Labute approximate surface area is 236 Å². The van der Waals surface area contributed by atoms with Crippen molar-refractivity contribution in [1.82, 2.24) is 9.88 Å². The Bertz CT molecular complexity index is 1630. The number of benzene rings is 3. The fraction of sp³-hybridized carbons (Fsp3) is 0.219. The molecule has 5 rings (SSSR count). The summed E-state index contributed by atoms with van der Waals surface area (Å²) in [6.07, 6.45) is 0.997. The second-order valence-electron chi connectivity index (χ2n) is 10.1. The molecule has 41 heavy (non-hydrogen) atoms. The highest BCUT2D eigenvalue weighted by molar-refractivity contribution is 6.03. The lowest BCUT2D eigenvalue weighted by Crippen LogP contribution is -2.49. The number of likely N-dealkylation sites (tertiary alicyclic amines) is 1. The Morgan fingerprint density at radius 1 is 1.00 bits per heavy atom. The Balaban J connectivity index is 1.44. The monoisotopic (exact) mass is 557 g/mol. The van der Waals surface area contributed by atoms with Gasteiger partial charge in [0.05, 0.1) is 19.2 Å². The van der Waals surface area contributed by atoms with Gasteiger partial charge in [-0.3, -0.25) is 14.5 Å². The largest absolute Gasteiger partial charge is 0.496 e. The van der Waals surface area contributed by atoms with Crippen molar-refractivity contribution in [3.63, 3.8) is 0 Å². The van der Waals surface area contributed by atoms with Gasteiger partial charge in [-0.05, 0) is 77.6 Å². The fourth-order valence-corrected chi connectivity index (χ4v) is 5.18. The quantitative estimate of drug-likeness (QED) is 0.273. The van der Waals surface area contributed by atoms with Crippen LogP contribution in [0.4, 0.5) is 14.5 Å². The van der Waals surface area contributed by atoms with E-state index in [1.807, 2.05) is 49.1 Å². The van der Waals surface area contributed by atoms with Gasteiger partial charge < -0.3 is 15.2 Å². The number of nitrogens with zero attached hydrogens (tertiary/aromatic N) is 2. The lowest BCUT2D eigenvalue weighted by atomic mass is 9.90. The molecule has 9 heteroatoms. The second-order valence-corrected chi connectivity index (χ2v) is 10.1. The number of rotatable bonds is 8. The molecule has 3 aromatic carbocycles. The van der Waals surface area contributed by atoms with Crippen molar-refractivity contribution in [1.29, 1.82) is 0 Å². The van der Waals surface area contributed by atoms with E-state index in [4.69, 9.17) is 9.84 Å². The summed E-state index contributed by atoms with van der Waals surface area (Å²) in [7, 11) is 1.49.